The predicted octanol–water partition coefficient (Wildman–Crippen LogP) is 3.87. The number of piperazine rings is 1. The average Bonchev–Trinajstić information content (AvgIpc) is 2.62. The Morgan fingerprint density at radius 3 is 2.09 bits per heavy atom. The van der Waals surface area contributed by atoms with Crippen LogP contribution in [-0.2, 0) is 0 Å². The molecule has 2 heteroatoms. The highest BCUT2D eigenvalue weighted by Gasteiger charge is 2.34. The lowest BCUT2D eigenvalue weighted by atomic mass is 9.87. The number of allylic oxidation sites excluding steroid dienone is 2. The summed E-state index contributed by atoms with van der Waals surface area (Å²) in [5.74, 6) is 0. The first kappa shape index (κ1) is 13.4. The average molecular weight is 288 g/mol. The van der Waals surface area contributed by atoms with Gasteiger partial charge in [0.15, 0.2) is 0 Å². The maximum atomic E-state index is 3.84. The third-order valence-corrected chi connectivity index (χ3v) is 4.51. The molecule has 0 spiro atoms. The summed E-state index contributed by atoms with van der Waals surface area (Å²) in [7, 11) is 0. The fourth-order valence-electron chi connectivity index (χ4n) is 3.40. The van der Waals surface area contributed by atoms with E-state index in [4.69, 9.17) is 0 Å². The van der Waals surface area contributed by atoms with Crippen LogP contribution < -0.4 is 10.6 Å². The van der Waals surface area contributed by atoms with Crippen molar-refractivity contribution in [1.82, 2.24) is 10.6 Å². The smallest absolute Gasteiger partial charge is 0.0706 e. The Morgan fingerprint density at radius 2 is 1.41 bits per heavy atom. The summed E-state index contributed by atoms with van der Waals surface area (Å²) in [6.07, 6.45) is 7.61. The first-order valence-corrected chi connectivity index (χ1v) is 7.91. The van der Waals surface area contributed by atoms with Gasteiger partial charge in [-0.3, -0.25) is 5.32 Å². The molecule has 4 rings (SSSR count). The topological polar surface area (TPSA) is 24.1 Å². The van der Waals surface area contributed by atoms with E-state index in [1.54, 1.807) is 0 Å². The van der Waals surface area contributed by atoms with E-state index < -0.39 is 0 Å². The van der Waals surface area contributed by atoms with Crippen LogP contribution in [0.4, 0.5) is 0 Å². The maximum Gasteiger partial charge on any atom is 0.0706 e. The van der Waals surface area contributed by atoms with E-state index in [2.05, 4.69) is 89.5 Å². The van der Waals surface area contributed by atoms with Gasteiger partial charge in [-0.05, 0) is 23.6 Å². The van der Waals surface area contributed by atoms with Gasteiger partial charge < -0.3 is 5.32 Å². The van der Waals surface area contributed by atoms with Crippen molar-refractivity contribution in [2.45, 2.75) is 24.5 Å². The van der Waals surface area contributed by atoms with Crippen molar-refractivity contribution < 1.29 is 0 Å². The van der Waals surface area contributed by atoms with Crippen molar-refractivity contribution in [1.29, 1.82) is 0 Å². The maximum absolute atomic E-state index is 3.84. The molecule has 1 saturated heterocycles. The van der Waals surface area contributed by atoms with Gasteiger partial charge in [0.1, 0.15) is 0 Å². The molecule has 2 aromatic rings. The number of fused-ring (bicyclic) bond motifs is 1. The van der Waals surface area contributed by atoms with Crippen molar-refractivity contribution in [3.8, 4) is 0 Å². The highest BCUT2D eigenvalue weighted by molar-refractivity contribution is 5.34. The Morgan fingerprint density at radius 1 is 0.773 bits per heavy atom. The van der Waals surface area contributed by atoms with Gasteiger partial charge in [0, 0.05) is 5.70 Å². The number of rotatable bonds is 2. The third kappa shape index (κ3) is 2.46. The van der Waals surface area contributed by atoms with Gasteiger partial charge in [-0.25, -0.2) is 0 Å². The zero-order valence-corrected chi connectivity index (χ0v) is 12.4. The Hall–Kier alpha value is -2.32. The molecule has 0 radical (unpaired) electrons. The van der Waals surface area contributed by atoms with Gasteiger partial charge in [0.2, 0.25) is 0 Å². The number of nitrogens with one attached hydrogen (secondary N) is 2. The van der Waals surface area contributed by atoms with E-state index in [0.29, 0.717) is 6.04 Å². The highest BCUT2D eigenvalue weighted by Crippen LogP contribution is 2.35. The van der Waals surface area contributed by atoms with Crippen molar-refractivity contribution in [2.75, 3.05) is 0 Å². The normalized spacial score (nSPS) is 26.7. The van der Waals surface area contributed by atoms with Gasteiger partial charge in [-0.1, -0.05) is 72.8 Å². The van der Waals surface area contributed by atoms with Gasteiger partial charge in [0.25, 0.3) is 0 Å². The van der Waals surface area contributed by atoms with Gasteiger partial charge in [-0.2, -0.15) is 0 Å². The molecule has 1 heterocycles. The molecule has 2 nitrogen and oxygen atoms in total. The Balaban J connectivity index is 1.73. The Bertz CT molecular complexity index is 688. The molecule has 0 amide bonds. The van der Waals surface area contributed by atoms with Crippen LogP contribution in [-0.4, -0.2) is 6.04 Å². The molecule has 2 N–H and O–H groups in total. The number of hydrogen-bond acceptors (Lipinski definition) is 2. The minimum atomic E-state index is 0.248. The van der Waals surface area contributed by atoms with Crippen LogP contribution in [0, 0.1) is 0 Å². The first-order valence-electron chi connectivity index (χ1n) is 7.91. The highest BCUT2D eigenvalue weighted by atomic mass is 15.1. The molecule has 3 atom stereocenters. The second-order valence-electron chi connectivity index (χ2n) is 5.93. The third-order valence-electron chi connectivity index (χ3n) is 4.51. The van der Waals surface area contributed by atoms with E-state index in [1.807, 2.05) is 0 Å². The Labute approximate surface area is 131 Å². The van der Waals surface area contributed by atoms with Gasteiger partial charge in [-0.15, -0.1) is 0 Å². The van der Waals surface area contributed by atoms with Crippen LogP contribution in [0.15, 0.2) is 84.6 Å². The van der Waals surface area contributed by atoms with E-state index in [0.717, 1.165) is 6.42 Å². The lowest BCUT2D eigenvalue weighted by molar-refractivity contribution is 0.313. The molecule has 22 heavy (non-hydrogen) atoms. The minimum absolute atomic E-state index is 0.248. The summed E-state index contributed by atoms with van der Waals surface area (Å²) in [5, 5.41) is 7.61. The SMILES string of the molecule is C1=CCC2NC(c3ccccc3)C(c3ccccc3)NC2=C1. The van der Waals surface area contributed by atoms with Crippen molar-refractivity contribution in [3.05, 3.63) is 95.7 Å². The molecule has 3 unspecified atom stereocenters. The lowest BCUT2D eigenvalue weighted by Crippen LogP contribution is -2.50. The second-order valence-corrected chi connectivity index (χ2v) is 5.93. The van der Waals surface area contributed by atoms with Crippen LogP contribution in [0.2, 0.25) is 0 Å². The monoisotopic (exact) mass is 288 g/mol. The molecule has 2 aliphatic rings. The number of benzene rings is 2. The lowest BCUT2D eigenvalue weighted by Gasteiger charge is -2.42. The fraction of sp³-hybridized carbons (Fsp3) is 0.200. The molecule has 0 aromatic heterocycles. The summed E-state index contributed by atoms with van der Waals surface area (Å²) in [6.45, 7) is 0. The quantitative estimate of drug-likeness (QED) is 0.876. The largest absolute Gasteiger partial charge is 0.378 e. The fourth-order valence-corrected chi connectivity index (χ4v) is 3.40. The summed E-state index contributed by atoms with van der Waals surface area (Å²) in [5.41, 5.74) is 3.94. The standard InChI is InChI=1S/C20H20N2/c1-3-9-15(10-4-1)19-20(16-11-5-2-6-12-16)22-18-14-8-7-13-17(18)21-19/h1-13,18-22H,14H2. The second kappa shape index (κ2) is 5.82. The molecule has 1 aliphatic heterocycles. The van der Waals surface area contributed by atoms with Crippen LogP contribution in [0.5, 0.6) is 0 Å². The van der Waals surface area contributed by atoms with Crippen LogP contribution in [0.25, 0.3) is 0 Å². The molecular weight excluding hydrogens is 268 g/mol. The molecule has 0 bridgehead atoms. The first-order chi connectivity index (χ1) is 10.9. The van der Waals surface area contributed by atoms with Crippen LogP contribution in [0.3, 0.4) is 0 Å². The van der Waals surface area contributed by atoms with Gasteiger partial charge in [0.05, 0.1) is 18.1 Å². The zero-order valence-electron chi connectivity index (χ0n) is 12.4. The molecule has 1 fully saturated rings. The van der Waals surface area contributed by atoms with E-state index >= 15 is 0 Å². The van der Waals surface area contributed by atoms with Crippen molar-refractivity contribution in [2.24, 2.45) is 0 Å². The predicted molar refractivity (Wildman–Crippen MR) is 90.3 cm³/mol. The minimum Gasteiger partial charge on any atom is -0.378 e. The summed E-state index contributed by atoms with van der Waals surface area (Å²) in [4.78, 5) is 0. The van der Waals surface area contributed by atoms with Crippen molar-refractivity contribution >= 4 is 0 Å². The molecule has 0 saturated carbocycles. The van der Waals surface area contributed by atoms with Crippen molar-refractivity contribution in [3.63, 3.8) is 0 Å². The van der Waals surface area contributed by atoms with E-state index in [-0.39, 0.29) is 12.1 Å². The summed E-state index contributed by atoms with van der Waals surface area (Å²) >= 11 is 0. The molecule has 2 aromatic carbocycles. The summed E-state index contributed by atoms with van der Waals surface area (Å²) < 4.78 is 0. The molecule has 110 valence electrons. The van der Waals surface area contributed by atoms with Crippen LogP contribution >= 0.6 is 0 Å². The van der Waals surface area contributed by atoms with Gasteiger partial charge >= 0.3 is 0 Å². The number of hydrogen-bond donors (Lipinski definition) is 2. The van der Waals surface area contributed by atoms with Crippen LogP contribution in [0.1, 0.15) is 29.6 Å². The van der Waals surface area contributed by atoms with E-state index in [9.17, 15) is 0 Å². The Kier molecular flexibility index (Phi) is 3.53. The van der Waals surface area contributed by atoms with E-state index in [1.165, 1.54) is 16.8 Å². The molecular formula is C20H20N2. The molecule has 1 aliphatic carbocycles. The summed E-state index contributed by atoms with van der Waals surface area (Å²) in [6, 6.07) is 22.3. The zero-order chi connectivity index (χ0) is 14.8.